The Morgan fingerprint density at radius 3 is 1.77 bits per heavy atom. The lowest BCUT2D eigenvalue weighted by Gasteiger charge is -2.26. The number of nitrogens with zero attached hydrogens (tertiary/aromatic N) is 4. The number of methoxy groups -OCH3 is 2. The van der Waals surface area contributed by atoms with Crippen molar-refractivity contribution in [3.05, 3.63) is 29.5 Å². The van der Waals surface area contributed by atoms with E-state index in [2.05, 4.69) is 9.97 Å². The maximum Gasteiger partial charge on any atom is 0.427 e. The molecular weight excluding hydrogens is 584 g/mol. The standard InChI is InChI=1S/C28H38N4O12/c1-27(2,3)43-25(38)31(23(34)35)21-17(15-29-22(30-21)32(24(36)37)26(39)44-28(4,5)6)12-16-13-18(40-7)20(19(14-16)41-8)42-11-9-10-33/h13-15,33H,9-12H2,1-8H3,(H,34,35)(H,36,37). The van der Waals surface area contributed by atoms with Crippen LogP contribution in [0.1, 0.15) is 59.1 Å². The van der Waals surface area contributed by atoms with Crippen LogP contribution >= 0.6 is 0 Å². The van der Waals surface area contributed by atoms with Gasteiger partial charge in [0.2, 0.25) is 11.7 Å². The molecular formula is C28H38N4O12. The summed E-state index contributed by atoms with van der Waals surface area (Å²) in [5.41, 5.74) is -1.72. The van der Waals surface area contributed by atoms with E-state index in [0.717, 1.165) is 6.20 Å². The number of imide groups is 2. The molecule has 3 N–H and O–H groups in total. The molecule has 44 heavy (non-hydrogen) atoms. The van der Waals surface area contributed by atoms with Crippen LogP contribution in [0, 0.1) is 0 Å². The predicted molar refractivity (Wildman–Crippen MR) is 155 cm³/mol. The van der Waals surface area contributed by atoms with Gasteiger partial charge in [-0.05, 0) is 59.2 Å². The maximum atomic E-state index is 13.1. The molecule has 0 saturated heterocycles. The largest absolute Gasteiger partial charge is 0.493 e. The van der Waals surface area contributed by atoms with Gasteiger partial charge < -0.3 is 39.0 Å². The molecule has 0 bridgehead atoms. The molecule has 0 saturated carbocycles. The molecule has 242 valence electrons. The fourth-order valence-corrected chi connectivity index (χ4v) is 3.57. The molecule has 2 rings (SSSR count). The van der Waals surface area contributed by atoms with E-state index in [9.17, 15) is 29.4 Å². The van der Waals surface area contributed by atoms with Crippen molar-refractivity contribution in [2.24, 2.45) is 0 Å². The number of aromatic nitrogens is 2. The van der Waals surface area contributed by atoms with Crippen molar-refractivity contribution in [3.63, 3.8) is 0 Å². The first-order valence-electron chi connectivity index (χ1n) is 13.3. The average Bonchev–Trinajstić information content (AvgIpc) is 2.88. The number of anilines is 2. The first-order valence-corrected chi connectivity index (χ1v) is 13.3. The van der Waals surface area contributed by atoms with Crippen molar-refractivity contribution in [2.45, 2.75) is 65.6 Å². The van der Waals surface area contributed by atoms with Crippen LogP contribution in [0.3, 0.4) is 0 Å². The van der Waals surface area contributed by atoms with Crippen molar-refractivity contribution < 1.29 is 58.2 Å². The van der Waals surface area contributed by atoms with Crippen LogP contribution in [0.5, 0.6) is 17.2 Å². The van der Waals surface area contributed by atoms with E-state index in [1.165, 1.54) is 55.8 Å². The third-order valence-corrected chi connectivity index (χ3v) is 5.24. The van der Waals surface area contributed by atoms with Crippen molar-refractivity contribution in [1.29, 1.82) is 0 Å². The Kier molecular flexibility index (Phi) is 11.7. The van der Waals surface area contributed by atoms with E-state index in [4.69, 9.17) is 28.8 Å². The predicted octanol–water partition coefficient (Wildman–Crippen LogP) is 4.68. The number of carbonyl (C=O) groups excluding carboxylic acids is 2. The zero-order chi connectivity index (χ0) is 33.4. The van der Waals surface area contributed by atoms with Gasteiger partial charge in [-0.15, -0.1) is 4.90 Å². The monoisotopic (exact) mass is 622 g/mol. The SMILES string of the molecule is COc1cc(Cc2cnc(N(C(=O)O)C(=O)OC(C)(C)C)nc2N(C(=O)O)C(=O)OC(C)(C)C)cc(OC)c1OCCCO. The molecule has 0 aliphatic rings. The average molecular weight is 623 g/mol. The highest BCUT2D eigenvalue weighted by atomic mass is 16.6. The number of carbonyl (C=O) groups is 4. The van der Waals surface area contributed by atoms with E-state index in [1.807, 2.05) is 0 Å². The van der Waals surface area contributed by atoms with E-state index in [-0.39, 0.29) is 52.2 Å². The minimum atomic E-state index is -1.82. The number of rotatable bonds is 10. The molecule has 1 aromatic carbocycles. The van der Waals surface area contributed by atoms with Gasteiger partial charge in [-0.1, -0.05) is 0 Å². The van der Waals surface area contributed by atoms with Gasteiger partial charge >= 0.3 is 24.4 Å². The zero-order valence-electron chi connectivity index (χ0n) is 25.9. The Balaban J connectivity index is 2.75. The molecule has 0 aliphatic heterocycles. The fraction of sp³-hybridized carbons (Fsp3) is 0.500. The highest BCUT2D eigenvalue weighted by Crippen LogP contribution is 2.40. The summed E-state index contributed by atoms with van der Waals surface area (Å²) >= 11 is 0. The van der Waals surface area contributed by atoms with Crippen LogP contribution in [-0.4, -0.2) is 88.3 Å². The number of aliphatic hydroxyl groups excluding tert-OH is 1. The van der Waals surface area contributed by atoms with Crippen LogP contribution in [-0.2, 0) is 15.9 Å². The normalized spacial score (nSPS) is 11.3. The molecule has 0 spiro atoms. The summed E-state index contributed by atoms with van der Waals surface area (Å²) in [5.74, 6) is -0.591. The van der Waals surface area contributed by atoms with Gasteiger partial charge in [0.05, 0.1) is 20.8 Å². The molecule has 0 unspecified atom stereocenters. The third kappa shape index (κ3) is 9.58. The van der Waals surface area contributed by atoms with Crippen LogP contribution in [0.4, 0.5) is 30.9 Å². The van der Waals surface area contributed by atoms with Crippen LogP contribution in [0.25, 0.3) is 0 Å². The Bertz CT molecular complexity index is 1340. The highest BCUT2D eigenvalue weighted by Gasteiger charge is 2.36. The molecule has 0 aliphatic carbocycles. The Morgan fingerprint density at radius 1 is 0.841 bits per heavy atom. The summed E-state index contributed by atoms with van der Waals surface area (Å²) in [5, 5.41) is 28.9. The number of aliphatic hydroxyl groups is 1. The van der Waals surface area contributed by atoms with Crippen LogP contribution < -0.4 is 24.0 Å². The van der Waals surface area contributed by atoms with Gasteiger partial charge in [0.1, 0.15) is 11.2 Å². The second-order valence-electron chi connectivity index (χ2n) is 11.1. The molecule has 0 fully saturated rings. The summed E-state index contributed by atoms with van der Waals surface area (Å²) < 4.78 is 27.0. The topological polar surface area (TPSA) is 207 Å². The number of ether oxygens (including phenoxy) is 5. The Morgan fingerprint density at radius 2 is 1.34 bits per heavy atom. The Hall–Kier alpha value is -4.86. The van der Waals surface area contributed by atoms with E-state index >= 15 is 0 Å². The summed E-state index contributed by atoms with van der Waals surface area (Å²) in [4.78, 5) is 58.6. The van der Waals surface area contributed by atoms with Gasteiger partial charge in [0.25, 0.3) is 0 Å². The van der Waals surface area contributed by atoms with Crippen LogP contribution in [0.15, 0.2) is 18.3 Å². The van der Waals surface area contributed by atoms with E-state index < -0.39 is 47.3 Å². The lowest BCUT2D eigenvalue weighted by atomic mass is 10.0. The van der Waals surface area contributed by atoms with Crippen LogP contribution in [0.2, 0.25) is 0 Å². The summed E-state index contributed by atoms with van der Waals surface area (Å²) in [6.45, 7) is 9.19. The van der Waals surface area contributed by atoms with Crippen molar-refractivity contribution in [2.75, 3.05) is 37.2 Å². The molecule has 16 heteroatoms. The number of carboxylic acid groups (broad SMARTS) is 2. The second-order valence-corrected chi connectivity index (χ2v) is 11.1. The van der Waals surface area contributed by atoms with E-state index in [1.54, 1.807) is 12.1 Å². The quantitative estimate of drug-likeness (QED) is 0.307. The first kappa shape index (κ1) is 35.3. The van der Waals surface area contributed by atoms with Crippen molar-refractivity contribution in [3.8, 4) is 17.2 Å². The zero-order valence-corrected chi connectivity index (χ0v) is 25.9. The molecule has 2 aromatic rings. The number of hydrogen-bond acceptors (Lipinski definition) is 12. The Labute approximate surface area is 254 Å². The number of benzene rings is 1. The molecule has 0 atom stereocenters. The lowest BCUT2D eigenvalue weighted by molar-refractivity contribution is 0.0569. The molecule has 1 heterocycles. The van der Waals surface area contributed by atoms with Gasteiger partial charge in [-0.2, -0.15) is 9.88 Å². The van der Waals surface area contributed by atoms with Gasteiger partial charge in [0, 0.05) is 31.2 Å². The molecule has 1 aromatic heterocycles. The van der Waals surface area contributed by atoms with Gasteiger partial charge in [0.15, 0.2) is 17.3 Å². The molecule has 4 amide bonds. The second kappa shape index (κ2) is 14.5. The summed E-state index contributed by atoms with van der Waals surface area (Å²) in [7, 11) is 2.79. The number of amides is 4. The van der Waals surface area contributed by atoms with Gasteiger partial charge in [-0.3, -0.25) is 0 Å². The molecule has 16 nitrogen and oxygen atoms in total. The summed E-state index contributed by atoms with van der Waals surface area (Å²) in [6.07, 6.45) is -5.01. The number of hydrogen-bond donors (Lipinski definition) is 3. The maximum absolute atomic E-state index is 13.1. The highest BCUT2D eigenvalue weighted by molar-refractivity contribution is 6.10. The first-order chi connectivity index (χ1) is 20.4. The lowest BCUT2D eigenvalue weighted by Crippen LogP contribution is -2.43. The van der Waals surface area contributed by atoms with Crippen molar-refractivity contribution in [1.82, 2.24) is 9.97 Å². The fourth-order valence-electron chi connectivity index (χ4n) is 3.57. The van der Waals surface area contributed by atoms with E-state index in [0.29, 0.717) is 12.0 Å². The minimum absolute atomic E-state index is 0.0228. The minimum Gasteiger partial charge on any atom is -0.493 e. The van der Waals surface area contributed by atoms with Gasteiger partial charge in [-0.25, -0.2) is 24.2 Å². The summed E-state index contributed by atoms with van der Waals surface area (Å²) in [6, 6.07) is 3.13. The third-order valence-electron chi connectivity index (χ3n) is 5.24. The smallest absolute Gasteiger partial charge is 0.427 e. The molecule has 0 radical (unpaired) electrons. The van der Waals surface area contributed by atoms with Crippen molar-refractivity contribution >= 4 is 36.1 Å².